The molecule has 4 nitrogen and oxygen atoms in total. The maximum atomic E-state index is 12.2. The van der Waals surface area contributed by atoms with E-state index >= 15 is 0 Å². The minimum absolute atomic E-state index is 0.0295. The predicted octanol–water partition coefficient (Wildman–Crippen LogP) is 2.56. The van der Waals surface area contributed by atoms with Crippen molar-refractivity contribution in [2.24, 2.45) is 11.8 Å². The Morgan fingerprint density at radius 3 is 2.12 bits per heavy atom. The summed E-state index contributed by atoms with van der Waals surface area (Å²) in [6, 6.07) is 17.8. The molecule has 1 saturated carbocycles. The summed E-state index contributed by atoms with van der Waals surface area (Å²) in [7, 11) is 0. The molecule has 0 bridgehead atoms. The van der Waals surface area contributed by atoms with Crippen molar-refractivity contribution < 1.29 is 9.59 Å². The van der Waals surface area contributed by atoms with E-state index in [1.807, 2.05) is 61.5 Å². The summed E-state index contributed by atoms with van der Waals surface area (Å²) in [5.74, 6) is -0.441. The van der Waals surface area contributed by atoms with Crippen LogP contribution in [0.2, 0.25) is 0 Å². The van der Waals surface area contributed by atoms with Gasteiger partial charge in [-0.3, -0.25) is 9.59 Å². The van der Waals surface area contributed by atoms with Crippen LogP contribution >= 0.6 is 0 Å². The van der Waals surface area contributed by atoms with Crippen molar-refractivity contribution in [1.82, 2.24) is 10.6 Å². The van der Waals surface area contributed by atoms with Crippen molar-refractivity contribution in [3.63, 3.8) is 0 Å². The van der Waals surface area contributed by atoms with E-state index in [9.17, 15) is 9.59 Å². The van der Waals surface area contributed by atoms with E-state index in [0.717, 1.165) is 16.7 Å². The average Bonchev–Trinajstić information content (AvgIpc) is 3.40. The molecule has 0 aromatic heterocycles. The maximum Gasteiger partial charge on any atom is 0.224 e. The summed E-state index contributed by atoms with van der Waals surface area (Å²) in [6.45, 7) is 3.05. The molecule has 1 aliphatic rings. The molecule has 3 rings (SSSR count). The first-order valence-electron chi connectivity index (χ1n) is 8.29. The number of benzene rings is 2. The van der Waals surface area contributed by atoms with Gasteiger partial charge in [-0.1, -0.05) is 54.6 Å². The molecule has 2 N–H and O–H groups in total. The molecule has 0 aliphatic heterocycles. The number of hydrogen-bond donors (Lipinski definition) is 2. The van der Waals surface area contributed by atoms with Crippen LogP contribution in [0.3, 0.4) is 0 Å². The van der Waals surface area contributed by atoms with E-state index in [-0.39, 0.29) is 23.7 Å². The monoisotopic (exact) mass is 322 g/mol. The van der Waals surface area contributed by atoms with Gasteiger partial charge in [-0.15, -0.1) is 0 Å². The molecule has 4 heteroatoms. The molecule has 2 atom stereocenters. The molecule has 2 aromatic rings. The Morgan fingerprint density at radius 2 is 1.46 bits per heavy atom. The van der Waals surface area contributed by atoms with Crippen molar-refractivity contribution in [1.29, 1.82) is 0 Å². The van der Waals surface area contributed by atoms with Crippen molar-refractivity contribution in [2.75, 3.05) is 0 Å². The lowest BCUT2D eigenvalue weighted by Gasteiger charge is -2.08. The van der Waals surface area contributed by atoms with Crippen molar-refractivity contribution in [2.45, 2.75) is 26.4 Å². The lowest BCUT2D eigenvalue weighted by molar-refractivity contribution is -0.127. The van der Waals surface area contributed by atoms with E-state index in [1.54, 1.807) is 0 Å². The van der Waals surface area contributed by atoms with Gasteiger partial charge in [0.25, 0.3) is 0 Å². The molecule has 1 fully saturated rings. The third kappa shape index (κ3) is 4.02. The van der Waals surface area contributed by atoms with Gasteiger partial charge >= 0.3 is 0 Å². The summed E-state index contributed by atoms with van der Waals surface area (Å²) in [5, 5.41) is 5.85. The fourth-order valence-electron chi connectivity index (χ4n) is 2.81. The minimum atomic E-state index is -0.190. The number of aryl methyl sites for hydroxylation is 1. The molecule has 2 aromatic carbocycles. The van der Waals surface area contributed by atoms with Crippen LogP contribution < -0.4 is 10.6 Å². The van der Waals surface area contributed by atoms with Crippen molar-refractivity contribution in [3.05, 3.63) is 71.3 Å². The quantitative estimate of drug-likeness (QED) is 0.859. The lowest BCUT2D eigenvalue weighted by atomic mass is 10.1. The molecule has 24 heavy (non-hydrogen) atoms. The molecule has 0 radical (unpaired) electrons. The third-order valence-electron chi connectivity index (χ3n) is 4.49. The molecule has 0 saturated heterocycles. The van der Waals surface area contributed by atoms with Crippen LogP contribution in [0.4, 0.5) is 0 Å². The third-order valence-corrected chi connectivity index (χ3v) is 4.49. The summed E-state index contributed by atoms with van der Waals surface area (Å²) >= 11 is 0. The first-order chi connectivity index (χ1) is 11.6. The zero-order chi connectivity index (χ0) is 16.9. The molecular formula is C20H22N2O2. The van der Waals surface area contributed by atoms with Gasteiger partial charge in [0.05, 0.1) is 11.8 Å². The van der Waals surface area contributed by atoms with E-state index in [1.165, 1.54) is 0 Å². The van der Waals surface area contributed by atoms with E-state index < -0.39 is 0 Å². The van der Waals surface area contributed by atoms with E-state index in [2.05, 4.69) is 10.6 Å². The second-order valence-electron chi connectivity index (χ2n) is 6.30. The van der Waals surface area contributed by atoms with Gasteiger partial charge in [0.1, 0.15) is 0 Å². The first-order valence-corrected chi connectivity index (χ1v) is 8.29. The van der Waals surface area contributed by atoms with Gasteiger partial charge < -0.3 is 10.6 Å². The highest BCUT2D eigenvalue weighted by atomic mass is 16.2. The number of amides is 2. The Balaban J connectivity index is 1.43. The minimum Gasteiger partial charge on any atom is -0.352 e. The van der Waals surface area contributed by atoms with Gasteiger partial charge in [0.15, 0.2) is 0 Å². The van der Waals surface area contributed by atoms with E-state index in [4.69, 9.17) is 0 Å². The highest BCUT2D eigenvalue weighted by Crippen LogP contribution is 2.38. The smallest absolute Gasteiger partial charge is 0.224 e. The standard InChI is InChI=1S/C20H22N2O2/c1-14-7-5-6-10-16(14)13-22-20(24)18-11-17(18)19(23)21-12-15-8-3-2-4-9-15/h2-10,17-18H,11-13H2,1H3,(H,21,23)(H,22,24). The van der Waals surface area contributed by atoms with Gasteiger partial charge in [-0.2, -0.15) is 0 Å². The van der Waals surface area contributed by atoms with Crippen molar-refractivity contribution >= 4 is 11.8 Å². The molecular weight excluding hydrogens is 300 g/mol. The van der Waals surface area contributed by atoms with Crippen LogP contribution in [0, 0.1) is 18.8 Å². The number of carbonyl (C=O) groups excluding carboxylic acids is 2. The first kappa shape index (κ1) is 16.2. The highest BCUT2D eigenvalue weighted by Gasteiger charge is 2.47. The summed E-state index contributed by atoms with van der Waals surface area (Å²) < 4.78 is 0. The highest BCUT2D eigenvalue weighted by molar-refractivity contribution is 5.92. The summed E-state index contributed by atoms with van der Waals surface area (Å²) in [5.41, 5.74) is 3.33. The second-order valence-corrected chi connectivity index (χ2v) is 6.30. The normalized spacial score (nSPS) is 18.7. The Bertz CT molecular complexity index is 727. The second kappa shape index (κ2) is 7.30. The molecule has 2 unspecified atom stereocenters. The summed E-state index contributed by atoms with van der Waals surface area (Å²) in [6.07, 6.45) is 0.639. The molecule has 0 spiro atoms. The molecule has 2 amide bonds. The average molecular weight is 322 g/mol. The number of carbonyl (C=O) groups is 2. The van der Waals surface area contributed by atoms with Gasteiger partial charge in [0.2, 0.25) is 11.8 Å². The van der Waals surface area contributed by atoms with E-state index in [0.29, 0.717) is 19.5 Å². The van der Waals surface area contributed by atoms with Gasteiger partial charge in [0, 0.05) is 13.1 Å². The zero-order valence-corrected chi connectivity index (χ0v) is 13.8. The lowest BCUT2D eigenvalue weighted by Crippen LogP contribution is -2.29. The molecule has 1 aliphatic carbocycles. The number of hydrogen-bond acceptors (Lipinski definition) is 2. The summed E-state index contributed by atoms with van der Waals surface area (Å²) in [4.78, 5) is 24.3. The topological polar surface area (TPSA) is 58.2 Å². The Kier molecular flexibility index (Phi) is 4.94. The largest absolute Gasteiger partial charge is 0.352 e. The molecule has 124 valence electrons. The zero-order valence-electron chi connectivity index (χ0n) is 13.8. The van der Waals surface area contributed by atoms with Crippen LogP contribution in [0.1, 0.15) is 23.1 Å². The van der Waals surface area contributed by atoms with Crippen LogP contribution in [0.5, 0.6) is 0 Å². The number of rotatable bonds is 6. The Hall–Kier alpha value is -2.62. The Labute approximate surface area is 142 Å². The fraction of sp³-hybridized carbons (Fsp3) is 0.300. The number of nitrogens with one attached hydrogen (secondary N) is 2. The van der Waals surface area contributed by atoms with Crippen molar-refractivity contribution in [3.8, 4) is 0 Å². The fourth-order valence-corrected chi connectivity index (χ4v) is 2.81. The molecule has 0 heterocycles. The SMILES string of the molecule is Cc1ccccc1CNC(=O)C1CC1C(=O)NCc1ccccc1. The predicted molar refractivity (Wildman–Crippen MR) is 92.9 cm³/mol. The van der Waals surface area contributed by atoms with Crippen LogP contribution in [-0.4, -0.2) is 11.8 Å². The van der Waals surface area contributed by atoms with Crippen LogP contribution in [-0.2, 0) is 22.7 Å². The van der Waals surface area contributed by atoms with Crippen LogP contribution in [0.15, 0.2) is 54.6 Å². The van der Waals surface area contributed by atoms with Crippen LogP contribution in [0.25, 0.3) is 0 Å². The van der Waals surface area contributed by atoms with Gasteiger partial charge in [-0.25, -0.2) is 0 Å². The maximum absolute atomic E-state index is 12.2. The van der Waals surface area contributed by atoms with Gasteiger partial charge in [-0.05, 0) is 30.0 Å². The Morgan fingerprint density at radius 1 is 0.875 bits per heavy atom.